The van der Waals surface area contributed by atoms with Gasteiger partial charge in [0.1, 0.15) is 5.82 Å². The van der Waals surface area contributed by atoms with Gasteiger partial charge in [-0.1, -0.05) is 6.92 Å². The van der Waals surface area contributed by atoms with Gasteiger partial charge in [0, 0.05) is 23.7 Å². The zero-order valence-electron chi connectivity index (χ0n) is 9.81. The summed E-state index contributed by atoms with van der Waals surface area (Å²) in [5.41, 5.74) is 4.47. The maximum atomic E-state index is 5.44. The van der Waals surface area contributed by atoms with Crippen LogP contribution in [0.5, 0.6) is 0 Å². The average Bonchev–Trinajstić information content (AvgIpc) is 2.40. The number of aryl methyl sites for hydroxylation is 1. The molecule has 0 amide bonds. The number of nitrogens with two attached hydrogens (primary N) is 1. The maximum absolute atomic E-state index is 5.44. The summed E-state index contributed by atoms with van der Waals surface area (Å²) in [5.74, 6) is 7.04. The van der Waals surface area contributed by atoms with E-state index in [2.05, 4.69) is 25.4 Å². The lowest BCUT2D eigenvalue weighted by Gasteiger charge is -2.09. The molecule has 0 atom stereocenters. The van der Waals surface area contributed by atoms with Gasteiger partial charge in [0.25, 0.3) is 0 Å². The van der Waals surface area contributed by atoms with Gasteiger partial charge >= 0.3 is 0 Å². The molecular formula is C11H14N6. The summed E-state index contributed by atoms with van der Waals surface area (Å²) in [5, 5.41) is 0. The number of hydrazine groups is 1. The van der Waals surface area contributed by atoms with E-state index in [-0.39, 0.29) is 0 Å². The number of hydrogen-bond donors (Lipinski definition) is 2. The predicted octanol–water partition coefficient (Wildman–Crippen LogP) is 1.09. The monoisotopic (exact) mass is 230 g/mol. The Labute approximate surface area is 99.3 Å². The van der Waals surface area contributed by atoms with Crippen LogP contribution >= 0.6 is 0 Å². The maximum Gasteiger partial charge on any atom is 0.199 e. The standard InChI is InChI=1S/C11H14N6/c1-3-8-7(2)9(17-12)16-11(15-8)10-13-5-4-6-14-10/h4-6H,3,12H2,1-2H3,(H,15,16,17). The Balaban J connectivity index is 2.56. The van der Waals surface area contributed by atoms with Gasteiger partial charge in [-0.2, -0.15) is 0 Å². The molecule has 0 aliphatic rings. The highest BCUT2D eigenvalue weighted by Crippen LogP contribution is 2.19. The molecule has 0 fully saturated rings. The Hall–Kier alpha value is -2.08. The van der Waals surface area contributed by atoms with Gasteiger partial charge in [0.05, 0.1) is 0 Å². The van der Waals surface area contributed by atoms with Gasteiger partial charge in [-0.15, -0.1) is 0 Å². The van der Waals surface area contributed by atoms with Crippen LogP contribution in [0.1, 0.15) is 18.2 Å². The lowest BCUT2D eigenvalue weighted by molar-refractivity contribution is 0.957. The first-order chi connectivity index (χ1) is 8.26. The van der Waals surface area contributed by atoms with Gasteiger partial charge in [0.2, 0.25) is 0 Å². The van der Waals surface area contributed by atoms with Gasteiger partial charge in [-0.25, -0.2) is 25.8 Å². The van der Waals surface area contributed by atoms with E-state index in [0.29, 0.717) is 17.5 Å². The second kappa shape index (κ2) is 4.84. The van der Waals surface area contributed by atoms with Crippen molar-refractivity contribution in [2.45, 2.75) is 20.3 Å². The van der Waals surface area contributed by atoms with E-state index < -0.39 is 0 Å². The molecule has 2 rings (SSSR count). The Kier molecular flexibility index (Phi) is 3.24. The molecule has 0 aliphatic carbocycles. The van der Waals surface area contributed by atoms with Crippen molar-refractivity contribution in [2.24, 2.45) is 5.84 Å². The van der Waals surface area contributed by atoms with Crippen molar-refractivity contribution in [3.05, 3.63) is 29.7 Å². The molecule has 88 valence electrons. The molecule has 0 aliphatic heterocycles. The third-order valence-corrected chi connectivity index (χ3v) is 2.48. The normalized spacial score (nSPS) is 10.3. The number of aromatic nitrogens is 4. The fourth-order valence-electron chi connectivity index (χ4n) is 1.56. The third kappa shape index (κ3) is 2.21. The van der Waals surface area contributed by atoms with Crippen LogP contribution in [0.25, 0.3) is 11.6 Å². The lowest BCUT2D eigenvalue weighted by atomic mass is 10.2. The number of anilines is 1. The molecule has 6 heteroatoms. The molecule has 17 heavy (non-hydrogen) atoms. The number of nitrogens with zero attached hydrogens (tertiary/aromatic N) is 4. The number of nitrogen functional groups attached to an aromatic ring is 1. The highest BCUT2D eigenvalue weighted by atomic mass is 15.3. The topological polar surface area (TPSA) is 89.6 Å². The molecule has 0 saturated carbocycles. The second-order valence-corrected chi connectivity index (χ2v) is 3.54. The van der Waals surface area contributed by atoms with Gasteiger partial charge in [0.15, 0.2) is 11.6 Å². The predicted molar refractivity (Wildman–Crippen MR) is 65.0 cm³/mol. The molecule has 0 saturated heterocycles. The van der Waals surface area contributed by atoms with E-state index in [1.165, 1.54) is 0 Å². The van der Waals surface area contributed by atoms with Crippen molar-refractivity contribution in [3.8, 4) is 11.6 Å². The van der Waals surface area contributed by atoms with E-state index in [0.717, 1.165) is 17.7 Å². The van der Waals surface area contributed by atoms with E-state index >= 15 is 0 Å². The number of rotatable bonds is 3. The zero-order chi connectivity index (χ0) is 12.3. The Morgan fingerprint density at radius 2 is 1.88 bits per heavy atom. The molecule has 0 aromatic carbocycles. The van der Waals surface area contributed by atoms with Crippen LogP contribution in [-0.4, -0.2) is 19.9 Å². The minimum absolute atomic E-state index is 0.487. The number of hydrogen-bond acceptors (Lipinski definition) is 6. The summed E-state index contributed by atoms with van der Waals surface area (Å²) in [6, 6.07) is 1.75. The zero-order valence-corrected chi connectivity index (χ0v) is 9.81. The van der Waals surface area contributed by atoms with Crippen molar-refractivity contribution in [2.75, 3.05) is 5.43 Å². The lowest BCUT2D eigenvalue weighted by Crippen LogP contribution is -2.13. The van der Waals surface area contributed by atoms with Crippen LogP contribution in [0.3, 0.4) is 0 Å². The van der Waals surface area contributed by atoms with Crippen LogP contribution in [0.15, 0.2) is 18.5 Å². The molecular weight excluding hydrogens is 216 g/mol. The van der Waals surface area contributed by atoms with E-state index in [1.54, 1.807) is 18.5 Å². The van der Waals surface area contributed by atoms with Crippen LogP contribution in [0, 0.1) is 6.92 Å². The Morgan fingerprint density at radius 3 is 2.47 bits per heavy atom. The molecule has 6 nitrogen and oxygen atoms in total. The summed E-state index contributed by atoms with van der Waals surface area (Å²) in [6.07, 6.45) is 4.13. The molecule has 2 aromatic heterocycles. The Morgan fingerprint density at radius 1 is 1.18 bits per heavy atom. The summed E-state index contributed by atoms with van der Waals surface area (Å²) in [7, 11) is 0. The molecule has 2 aromatic rings. The fourth-order valence-corrected chi connectivity index (χ4v) is 1.56. The largest absolute Gasteiger partial charge is 0.308 e. The summed E-state index contributed by atoms with van der Waals surface area (Å²) < 4.78 is 0. The van der Waals surface area contributed by atoms with Gasteiger partial charge in [-0.05, 0) is 19.4 Å². The van der Waals surface area contributed by atoms with Crippen LogP contribution in [0.2, 0.25) is 0 Å². The first-order valence-corrected chi connectivity index (χ1v) is 5.37. The molecule has 0 unspecified atom stereocenters. The van der Waals surface area contributed by atoms with Crippen molar-refractivity contribution in [3.63, 3.8) is 0 Å². The summed E-state index contributed by atoms with van der Waals surface area (Å²) in [4.78, 5) is 17.0. The molecule has 0 radical (unpaired) electrons. The molecule has 2 heterocycles. The quantitative estimate of drug-likeness (QED) is 0.606. The fraction of sp³-hybridized carbons (Fsp3) is 0.273. The van der Waals surface area contributed by atoms with Crippen LogP contribution < -0.4 is 11.3 Å². The highest BCUT2D eigenvalue weighted by molar-refractivity contribution is 5.53. The van der Waals surface area contributed by atoms with E-state index in [9.17, 15) is 0 Å². The van der Waals surface area contributed by atoms with Crippen LogP contribution in [0.4, 0.5) is 5.82 Å². The summed E-state index contributed by atoms with van der Waals surface area (Å²) >= 11 is 0. The molecule has 3 N–H and O–H groups in total. The van der Waals surface area contributed by atoms with Crippen molar-refractivity contribution < 1.29 is 0 Å². The van der Waals surface area contributed by atoms with Crippen molar-refractivity contribution in [1.82, 2.24) is 19.9 Å². The minimum atomic E-state index is 0.487. The van der Waals surface area contributed by atoms with Crippen molar-refractivity contribution in [1.29, 1.82) is 0 Å². The minimum Gasteiger partial charge on any atom is -0.308 e. The second-order valence-electron chi connectivity index (χ2n) is 3.54. The first-order valence-electron chi connectivity index (χ1n) is 5.37. The molecule has 0 spiro atoms. The third-order valence-electron chi connectivity index (χ3n) is 2.48. The smallest absolute Gasteiger partial charge is 0.199 e. The van der Waals surface area contributed by atoms with Crippen molar-refractivity contribution >= 4 is 5.82 Å². The van der Waals surface area contributed by atoms with Gasteiger partial charge < -0.3 is 5.43 Å². The SMILES string of the molecule is CCc1nc(-c2ncccn2)nc(NN)c1C. The Bertz CT molecular complexity index is 486. The van der Waals surface area contributed by atoms with E-state index in [4.69, 9.17) is 5.84 Å². The molecule has 0 bridgehead atoms. The average molecular weight is 230 g/mol. The number of nitrogens with one attached hydrogen (secondary N) is 1. The summed E-state index contributed by atoms with van der Waals surface area (Å²) in [6.45, 7) is 3.97. The van der Waals surface area contributed by atoms with Crippen LogP contribution in [-0.2, 0) is 6.42 Å². The highest BCUT2D eigenvalue weighted by Gasteiger charge is 2.11. The van der Waals surface area contributed by atoms with E-state index in [1.807, 2.05) is 13.8 Å². The first kappa shape index (κ1) is 11.4. The van der Waals surface area contributed by atoms with Gasteiger partial charge in [-0.3, -0.25) is 0 Å².